The van der Waals surface area contributed by atoms with Crippen LogP contribution in [0.3, 0.4) is 0 Å². The Hall–Kier alpha value is -1.84. The van der Waals surface area contributed by atoms with Crippen molar-refractivity contribution in [1.82, 2.24) is 24.9 Å². The molecule has 2 aromatic rings. The fourth-order valence-corrected chi connectivity index (χ4v) is 2.74. The fourth-order valence-electron chi connectivity index (χ4n) is 1.67. The molecule has 0 spiro atoms. The lowest BCUT2D eigenvalue weighted by Crippen LogP contribution is -2.25. The maximum Gasteiger partial charge on any atom is 0.240 e. The number of hydrogen-bond acceptors (Lipinski definition) is 6. The van der Waals surface area contributed by atoms with Gasteiger partial charge >= 0.3 is 0 Å². The highest BCUT2D eigenvalue weighted by Crippen LogP contribution is 2.12. The van der Waals surface area contributed by atoms with Crippen molar-refractivity contribution in [3.63, 3.8) is 0 Å². The molecule has 1 aromatic carbocycles. The number of benzene rings is 1. The van der Waals surface area contributed by atoms with E-state index < -0.39 is 10.0 Å². The molecule has 1 aromatic heterocycles. The highest BCUT2D eigenvalue weighted by molar-refractivity contribution is 7.89. The van der Waals surface area contributed by atoms with Crippen LogP contribution < -0.4 is 4.72 Å². The highest BCUT2D eigenvalue weighted by atomic mass is 32.2. The van der Waals surface area contributed by atoms with Crippen LogP contribution in [0.25, 0.3) is 5.69 Å². The average Bonchev–Trinajstić information content (AvgIpc) is 3.01. The van der Waals surface area contributed by atoms with Gasteiger partial charge in [-0.2, -0.15) is 0 Å². The second-order valence-electron chi connectivity index (χ2n) is 4.20. The van der Waals surface area contributed by atoms with E-state index in [9.17, 15) is 8.42 Å². The van der Waals surface area contributed by atoms with Crippen LogP contribution in [-0.2, 0) is 14.8 Å². The quantitative estimate of drug-likeness (QED) is 0.707. The third-order valence-corrected chi connectivity index (χ3v) is 4.20. The summed E-state index contributed by atoms with van der Waals surface area (Å²) in [5, 5.41) is 10.8. The van der Waals surface area contributed by atoms with Crippen molar-refractivity contribution in [1.29, 1.82) is 0 Å². The lowest BCUT2D eigenvalue weighted by molar-refractivity contribution is 0.146. The summed E-state index contributed by atoms with van der Waals surface area (Å²) < 4.78 is 33.3. The van der Waals surface area contributed by atoms with E-state index in [0.717, 1.165) is 0 Å². The van der Waals surface area contributed by atoms with E-state index >= 15 is 0 Å². The van der Waals surface area contributed by atoms with Crippen molar-refractivity contribution >= 4 is 10.0 Å². The van der Waals surface area contributed by atoms with Crippen LogP contribution in [0.1, 0.15) is 13.3 Å². The number of tetrazole rings is 1. The molecular weight excluding hydrogens is 294 g/mol. The van der Waals surface area contributed by atoms with Gasteiger partial charge in [0.1, 0.15) is 6.33 Å². The van der Waals surface area contributed by atoms with Crippen LogP contribution in [0.4, 0.5) is 0 Å². The summed E-state index contributed by atoms with van der Waals surface area (Å²) in [5.41, 5.74) is 0.690. The van der Waals surface area contributed by atoms with Crippen molar-refractivity contribution in [3.8, 4) is 5.69 Å². The second-order valence-corrected chi connectivity index (χ2v) is 5.96. The van der Waals surface area contributed by atoms with Gasteiger partial charge in [-0.05, 0) is 48.0 Å². The van der Waals surface area contributed by atoms with E-state index in [2.05, 4.69) is 20.2 Å². The van der Waals surface area contributed by atoms with Gasteiger partial charge in [-0.3, -0.25) is 0 Å². The molecule has 114 valence electrons. The molecule has 0 saturated heterocycles. The summed E-state index contributed by atoms with van der Waals surface area (Å²) in [4.78, 5) is 0.204. The number of hydrogen-bond donors (Lipinski definition) is 1. The molecule has 21 heavy (non-hydrogen) atoms. The van der Waals surface area contributed by atoms with Crippen molar-refractivity contribution in [3.05, 3.63) is 30.6 Å². The Morgan fingerprint density at radius 1 is 1.29 bits per heavy atom. The minimum atomic E-state index is -3.50. The third-order valence-electron chi connectivity index (χ3n) is 2.72. The Bertz CT molecular complexity index is 640. The summed E-state index contributed by atoms with van der Waals surface area (Å²) in [6, 6.07) is 6.32. The van der Waals surface area contributed by atoms with Crippen molar-refractivity contribution in [2.24, 2.45) is 0 Å². The van der Waals surface area contributed by atoms with Gasteiger partial charge in [0, 0.05) is 19.8 Å². The number of nitrogens with zero attached hydrogens (tertiary/aromatic N) is 4. The van der Waals surface area contributed by atoms with Gasteiger partial charge in [0.2, 0.25) is 10.0 Å². The molecule has 1 heterocycles. The molecular formula is C12H17N5O3S. The van der Waals surface area contributed by atoms with Crippen LogP contribution in [0, 0.1) is 0 Å². The van der Waals surface area contributed by atoms with Crippen LogP contribution >= 0.6 is 0 Å². The van der Waals surface area contributed by atoms with Gasteiger partial charge in [0.05, 0.1) is 10.6 Å². The van der Waals surface area contributed by atoms with E-state index in [1.54, 1.807) is 12.1 Å². The topological polar surface area (TPSA) is 99.0 Å². The SMILES string of the molecule is CCOCCCNS(=O)(=O)c1ccc(-n2cnnn2)cc1. The third kappa shape index (κ3) is 4.31. The van der Waals surface area contributed by atoms with Gasteiger partial charge in [-0.25, -0.2) is 17.8 Å². The van der Waals surface area contributed by atoms with E-state index in [4.69, 9.17) is 4.74 Å². The summed E-state index contributed by atoms with van der Waals surface area (Å²) in [5.74, 6) is 0. The first-order valence-corrected chi connectivity index (χ1v) is 8.02. The molecule has 9 heteroatoms. The van der Waals surface area contributed by atoms with Gasteiger partial charge < -0.3 is 4.74 Å². The van der Waals surface area contributed by atoms with E-state index in [-0.39, 0.29) is 4.90 Å². The fraction of sp³-hybridized carbons (Fsp3) is 0.417. The average molecular weight is 311 g/mol. The molecule has 8 nitrogen and oxygen atoms in total. The number of aromatic nitrogens is 4. The zero-order valence-corrected chi connectivity index (χ0v) is 12.5. The highest BCUT2D eigenvalue weighted by Gasteiger charge is 2.13. The van der Waals surface area contributed by atoms with Gasteiger partial charge in [-0.15, -0.1) is 5.10 Å². The predicted octanol–water partition coefficient (Wildman–Crippen LogP) is 0.367. The predicted molar refractivity (Wildman–Crippen MR) is 75.5 cm³/mol. The molecule has 0 fully saturated rings. The Balaban J connectivity index is 1.97. The monoisotopic (exact) mass is 311 g/mol. The summed E-state index contributed by atoms with van der Waals surface area (Å²) in [6.45, 7) is 3.41. The maximum atomic E-state index is 12.1. The van der Waals surface area contributed by atoms with Crippen molar-refractivity contribution < 1.29 is 13.2 Å². The minimum absolute atomic E-state index is 0.204. The zero-order valence-electron chi connectivity index (χ0n) is 11.6. The number of sulfonamides is 1. The number of ether oxygens (including phenoxy) is 1. The lowest BCUT2D eigenvalue weighted by Gasteiger charge is -2.07. The van der Waals surface area contributed by atoms with Gasteiger partial charge in [0.15, 0.2) is 0 Å². The van der Waals surface area contributed by atoms with Crippen molar-refractivity contribution in [2.45, 2.75) is 18.2 Å². The first kappa shape index (κ1) is 15.5. The Morgan fingerprint density at radius 3 is 2.67 bits per heavy atom. The minimum Gasteiger partial charge on any atom is -0.382 e. The first-order chi connectivity index (χ1) is 10.1. The van der Waals surface area contributed by atoms with E-state index in [1.165, 1.54) is 23.1 Å². The maximum absolute atomic E-state index is 12.1. The van der Waals surface area contributed by atoms with Crippen LogP contribution in [-0.4, -0.2) is 48.4 Å². The normalized spacial score (nSPS) is 11.7. The molecule has 0 radical (unpaired) electrons. The molecule has 0 amide bonds. The van der Waals surface area contributed by atoms with E-state index in [0.29, 0.717) is 31.9 Å². The molecule has 0 bridgehead atoms. The van der Waals surface area contributed by atoms with Gasteiger partial charge in [-0.1, -0.05) is 0 Å². The van der Waals surface area contributed by atoms with E-state index in [1.807, 2.05) is 6.92 Å². The lowest BCUT2D eigenvalue weighted by atomic mass is 10.3. The smallest absolute Gasteiger partial charge is 0.240 e. The first-order valence-electron chi connectivity index (χ1n) is 6.54. The molecule has 0 aliphatic heterocycles. The van der Waals surface area contributed by atoms with Crippen LogP contribution in [0.15, 0.2) is 35.5 Å². The number of nitrogens with one attached hydrogen (secondary N) is 1. The number of rotatable bonds is 8. The molecule has 0 saturated carbocycles. The Labute approximate surface area is 123 Å². The van der Waals surface area contributed by atoms with Crippen LogP contribution in [0.2, 0.25) is 0 Å². The molecule has 0 unspecified atom stereocenters. The molecule has 1 N–H and O–H groups in total. The molecule has 2 rings (SSSR count). The van der Waals surface area contributed by atoms with Crippen LogP contribution in [0.5, 0.6) is 0 Å². The standard InChI is InChI=1S/C12H17N5O3S/c1-2-20-9-3-8-14-21(18,19)12-6-4-11(5-7-12)17-10-13-15-16-17/h4-7,10,14H,2-3,8-9H2,1H3. The Kier molecular flexibility index (Phi) is 5.37. The Morgan fingerprint density at radius 2 is 2.05 bits per heavy atom. The molecule has 0 aliphatic carbocycles. The summed E-state index contributed by atoms with van der Waals surface area (Å²) >= 11 is 0. The molecule has 0 aliphatic rings. The second kappa shape index (κ2) is 7.25. The summed E-state index contributed by atoms with van der Waals surface area (Å²) in [6.07, 6.45) is 2.07. The van der Waals surface area contributed by atoms with Gasteiger partial charge in [0.25, 0.3) is 0 Å². The largest absolute Gasteiger partial charge is 0.382 e. The van der Waals surface area contributed by atoms with Crippen molar-refractivity contribution in [2.75, 3.05) is 19.8 Å². The summed E-state index contributed by atoms with van der Waals surface area (Å²) in [7, 11) is -3.50. The zero-order chi connectivity index (χ0) is 15.1. The molecule has 0 atom stereocenters.